The van der Waals surface area contributed by atoms with Gasteiger partial charge in [0.15, 0.2) is 0 Å². The Morgan fingerprint density at radius 1 is 0.879 bits per heavy atom. The number of hydrogen-bond donors (Lipinski definition) is 1. The van der Waals surface area contributed by atoms with Crippen molar-refractivity contribution < 1.29 is 14.3 Å². The second-order valence-corrected chi connectivity index (χ2v) is 8.21. The number of anilines is 2. The Bertz CT molecular complexity index is 1120. The van der Waals surface area contributed by atoms with Crippen LogP contribution in [0.15, 0.2) is 72.8 Å². The van der Waals surface area contributed by atoms with Gasteiger partial charge in [0.05, 0.1) is 19.2 Å². The lowest BCUT2D eigenvalue weighted by Crippen LogP contribution is -2.48. The normalized spacial score (nSPS) is 14.1. The summed E-state index contributed by atoms with van der Waals surface area (Å²) in [5.74, 6) is -0.399. The van der Waals surface area contributed by atoms with Crippen LogP contribution in [0.2, 0.25) is 0 Å². The van der Waals surface area contributed by atoms with Gasteiger partial charge in [-0.15, -0.1) is 0 Å². The minimum Gasteiger partial charge on any atom is -0.465 e. The van der Waals surface area contributed by atoms with Crippen molar-refractivity contribution in [2.45, 2.75) is 6.92 Å². The minimum absolute atomic E-state index is 0.0297. The highest BCUT2D eigenvalue weighted by Crippen LogP contribution is 2.28. The van der Waals surface area contributed by atoms with Gasteiger partial charge in [-0.05, 0) is 42.3 Å². The molecule has 0 bridgehead atoms. The van der Waals surface area contributed by atoms with Crippen LogP contribution in [0, 0.1) is 6.92 Å². The van der Waals surface area contributed by atoms with E-state index in [1.165, 1.54) is 18.4 Å². The van der Waals surface area contributed by atoms with Gasteiger partial charge in [0, 0.05) is 43.1 Å². The first kappa shape index (κ1) is 22.6. The Hall–Kier alpha value is -3.64. The fourth-order valence-corrected chi connectivity index (χ4v) is 4.21. The summed E-state index contributed by atoms with van der Waals surface area (Å²) in [5, 5.41) is 3.07. The first-order chi connectivity index (χ1) is 16.0. The van der Waals surface area contributed by atoms with Crippen LogP contribution in [0.1, 0.15) is 15.9 Å². The SMILES string of the molecule is COC(=O)c1ccc(-c2ccccc2NC(=O)CN2CCN(c3ccccc3C)CC2)cc1. The summed E-state index contributed by atoms with van der Waals surface area (Å²) in [4.78, 5) is 29.1. The molecule has 33 heavy (non-hydrogen) atoms. The summed E-state index contributed by atoms with van der Waals surface area (Å²) < 4.78 is 4.76. The first-order valence-electron chi connectivity index (χ1n) is 11.2. The number of piperazine rings is 1. The molecule has 0 radical (unpaired) electrons. The van der Waals surface area contributed by atoms with Crippen LogP contribution in [0.3, 0.4) is 0 Å². The Kier molecular flexibility index (Phi) is 7.05. The molecule has 1 aliphatic heterocycles. The molecule has 0 unspecified atom stereocenters. The van der Waals surface area contributed by atoms with Gasteiger partial charge in [-0.2, -0.15) is 0 Å². The number of hydrogen-bond acceptors (Lipinski definition) is 5. The maximum absolute atomic E-state index is 12.8. The van der Waals surface area contributed by atoms with E-state index >= 15 is 0 Å². The van der Waals surface area contributed by atoms with Crippen molar-refractivity contribution in [3.05, 3.63) is 83.9 Å². The van der Waals surface area contributed by atoms with Crippen molar-refractivity contribution in [3.63, 3.8) is 0 Å². The Labute approximate surface area is 194 Å². The van der Waals surface area contributed by atoms with E-state index in [1.54, 1.807) is 12.1 Å². The summed E-state index contributed by atoms with van der Waals surface area (Å²) in [5.41, 5.74) is 5.63. The van der Waals surface area contributed by atoms with E-state index in [-0.39, 0.29) is 11.9 Å². The highest BCUT2D eigenvalue weighted by molar-refractivity contribution is 5.97. The van der Waals surface area contributed by atoms with E-state index < -0.39 is 0 Å². The average molecular weight is 444 g/mol. The molecule has 0 aliphatic carbocycles. The molecule has 0 aromatic heterocycles. The molecular formula is C27H29N3O3. The number of ether oxygens (including phenoxy) is 1. The third-order valence-corrected chi connectivity index (χ3v) is 6.01. The predicted octanol–water partition coefficient (Wildman–Crippen LogP) is 4.21. The lowest BCUT2D eigenvalue weighted by atomic mass is 10.0. The van der Waals surface area contributed by atoms with Crippen molar-refractivity contribution in [1.29, 1.82) is 0 Å². The van der Waals surface area contributed by atoms with Gasteiger partial charge in [0.2, 0.25) is 5.91 Å². The molecule has 6 nitrogen and oxygen atoms in total. The highest BCUT2D eigenvalue weighted by atomic mass is 16.5. The van der Waals surface area contributed by atoms with Crippen LogP contribution in [0.25, 0.3) is 11.1 Å². The number of para-hydroxylation sites is 2. The van der Waals surface area contributed by atoms with Crippen molar-refractivity contribution in [1.82, 2.24) is 4.90 Å². The molecule has 1 fully saturated rings. The molecule has 1 aliphatic rings. The number of methoxy groups -OCH3 is 1. The van der Waals surface area contributed by atoms with E-state index in [4.69, 9.17) is 4.74 Å². The summed E-state index contributed by atoms with van der Waals surface area (Å²) >= 11 is 0. The zero-order valence-electron chi connectivity index (χ0n) is 19.1. The second kappa shape index (κ2) is 10.3. The Morgan fingerprint density at radius 2 is 1.55 bits per heavy atom. The molecular weight excluding hydrogens is 414 g/mol. The summed E-state index contributed by atoms with van der Waals surface area (Å²) in [6.07, 6.45) is 0. The van der Waals surface area contributed by atoms with Gasteiger partial charge in [-0.1, -0.05) is 48.5 Å². The van der Waals surface area contributed by atoms with Crippen LogP contribution >= 0.6 is 0 Å². The highest BCUT2D eigenvalue weighted by Gasteiger charge is 2.20. The molecule has 0 saturated carbocycles. The van der Waals surface area contributed by atoms with Crippen LogP contribution in [-0.2, 0) is 9.53 Å². The fraction of sp³-hybridized carbons (Fsp3) is 0.259. The molecule has 1 saturated heterocycles. The van der Waals surface area contributed by atoms with E-state index in [9.17, 15) is 9.59 Å². The predicted molar refractivity (Wildman–Crippen MR) is 132 cm³/mol. The maximum Gasteiger partial charge on any atom is 0.337 e. The average Bonchev–Trinajstić information content (AvgIpc) is 2.85. The third kappa shape index (κ3) is 5.41. The molecule has 1 amide bonds. The first-order valence-corrected chi connectivity index (χ1v) is 11.2. The van der Waals surface area contributed by atoms with Crippen LogP contribution in [0.5, 0.6) is 0 Å². The topological polar surface area (TPSA) is 61.9 Å². The fourth-order valence-electron chi connectivity index (χ4n) is 4.21. The van der Waals surface area contributed by atoms with Crippen molar-refractivity contribution in [2.75, 3.05) is 50.1 Å². The minimum atomic E-state index is -0.370. The van der Waals surface area contributed by atoms with Crippen LogP contribution in [-0.4, -0.2) is 56.6 Å². The molecule has 0 atom stereocenters. The number of esters is 1. The van der Waals surface area contributed by atoms with E-state index in [1.807, 2.05) is 36.4 Å². The lowest BCUT2D eigenvalue weighted by Gasteiger charge is -2.36. The van der Waals surface area contributed by atoms with E-state index in [2.05, 4.69) is 46.3 Å². The number of nitrogens with one attached hydrogen (secondary N) is 1. The molecule has 3 aromatic carbocycles. The Balaban J connectivity index is 1.37. The van der Waals surface area contributed by atoms with E-state index in [0.717, 1.165) is 43.0 Å². The molecule has 170 valence electrons. The lowest BCUT2D eigenvalue weighted by molar-refractivity contribution is -0.117. The number of amides is 1. The summed E-state index contributed by atoms with van der Waals surface area (Å²) in [6.45, 7) is 5.99. The second-order valence-electron chi connectivity index (χ2n) is 8.21. The van der Waals surface area contributed by atoms with Crippen LogP contribution in [0.4, 0.5) is 11.4 Å². The van der Waals surface area contributed by atoms with E-state index in [0.29, 0.717) is 12.1 Å². The summed E-state index contributed by atoms with van der Waals surface area (Å²) in [6, 6.07) is 23.3. The molecule has 3 aromatic rings. The quantitative estimate of drug-likeness (QED) is 0.579. The van der Waals surface area contributed by atoms with Gasteiger partial charge in [-0.25, -0.2) is 4.79 Å². The molecule has 1 N–H and O–H groups in total. The molecule has 1 heterocycles. The molecule has 4 rings (SSSR count). The third-order valence-electron chi connectivity index (χ3n) is 6.01. The van der Waals surface area contributed by atoms with Crippen molar-refractivity contribution in [2.24, 2.45) is 0 Å². The van der Waals surface area contributed by atoms with Gasteiger partial charge in [0.1, 0.15) is 0 Å². The standard InChI is InChI=1S/C27H29N3O3/c1-20-7-3-6-10-25(20)30-17-15-29(16-18-30)19-26(31)28-24-9-5-4-8-23(24)21-11-13-22(14-12-21)27(32)33-2/h3-14H,15-19H2,1-2H3,(H,28,31). The maximum atomic E-state index is 12.8. The number of rotatable bonds is 6. The summed E-state index contributed by atoms with van der Waals surface area (Å²) in [7, 11) is 1.36. The monoisotopic (exact) mass is 443 g/mol. The number of carbonyl (C=O) groups is 2. The van der Waals surface area contributed by atoms with Gasteiger partial charge >= 0.3 is 5.97 Å². The van der Waals surface area contributed by atoms with Gasteiger partial charge < -0.3 is 15.0 Å². The van der Waals surface area contributed by atoms with Crippen molar-refractivity contribution in [3.8, 4) is 11.1 Å². The number of benzene rings is 3. The van der Waals surface area contributed by atoms with Gasteiger partial charge in [-0.3, -0.25) is 9.69 Å². The molecule has 6 heteroatoms. The Morgan fingerprint density at radius 3 is 2.24 bits per heavy atom. The zero-order valence-corrected chi connectivity index (χ0v) is 19.1. The van der Waals surface area contributed by atoms with Crippen molar-refractivity contribution >= 4 is 23.3 Å². The smallest absolute Gasteiger partial charge is 0.337 e. The molecule has 0 spiro atoms. The zero-order chi connectivity index (χ0) is 23.2. The number of carbonyl (C=O) groups excluding carboxylic acids is 2. The van der Waals surface area contributed by atoms with Crippen LogP contribution < -0.4 is 10.2 Å². The van der Waals surface area contributed by atoms with Gasteiger partial charge in [0.25, 0.3) is 0 Å². The number of nitrogens with zero attached hydrogens (tertiary/aromatic N) is 2. The number of aryl methyl sites for hydroxylation is 1. The largest absolute Gasteiger partial charge is 0.465 e.